The van der Waals surface area contributed by atoms with E-state index in [-0.39, 0.29) is 0 Å². The lowest BCUT2D eigenvalue weighted by Gasteiger charge is -2.22. The van der Waals surface area contributed by atoms with Crippen molar-refractivity contribution in [1.29, 1.82) is 0 Å². The lowest BCUT2D eigenvalue weighted by Crippen LogP contribution is -2.26. The van der Waals surface area contributed by atoms with Crippen LogP contribution in [0.4, 0.5) is 0 Å². The molecule has 2 nitrogen and oxygen atoms in total. The summed E-state index contributed by atoms with van der Waals surface area (Å²) in [4.78, 5) is 0. The first-order chi connectivity index (χ1) is 6.80. The van der Waals surface area contributed by atoms with E-state index < -0.39 is 8.32 Å². The summed E-state index contributed by atoms with van der Waals surface area (Å²) < 4.78 is 11.1. The fourth-order valence-corrected chi connectivity index (χ4v) is 1.88. The molecule has 0 saturated carbocycles. The summed E-state index contributed by atoms with van der Waals surface area (Å²) >= 11 is 0. The molecule has 86 valence electrons. The zero-order valence-electron chi connectivity index (χ0n) is 10.5. The normalized spacial score (nSPS) is 12.9. The van der Waals surface area contributed by atoms with Crippen molar-refractivity contribution in [2.45, 2.75) is 33.0 Å². The molecule has 0 amide bonds. The molecule has 0 atom stereocenters. The molecule has 0 aliphatic carbocycles. The van der Waals surface area contributed by atoms with Crippen molar-refractivity contribution in [3.8, 4) is 0 Å². The van der Waals surface area contributed by atoms with Crippen LogP contribution in [0.25, 0.3) is 0 Å². The second kappa shape index (κ2) is 5.81. The molecule has 15 heavy (non-hydrogen) atoms. The van der Waals surface area contributed by atoms with Gasteiger partial charge < -0.3 is 9.16 Å². The van der Waals surface area contributed by atoms with Crippen molar-refractivity contribution in [2.75, 3.05) is 7.11 Å². The third-order valence-corrected chi connectivity index (χ3v) is 2.51. The summed E-state index contributed by atoms with van der Waals surface area (Å²) in [5.41, 5.74) is 2.03. The van der Waals surface area contributed by atoms with Crippen LogP contribution in [0.2, 0.25) is 19.6 Å². The molecule has 0 aliphatic heterocycles. The van der Waals surface area contributed by atoms with Gasteiger partial charge in [-0.3, -0.25) is 0 Å². The molecule has 0 rings (SSSR count). The highest BCUT2D eigenvalue weighted by molar-refractivity contribution is 6.70. The average molecular weight is 226 g/mol. The van der Waals surface area contributed by atoms with Crippen LogP contribution in [0.3, 0.4) is 0 Å². The predicted octanol–water partition coefficient (Wildman–Crippen LogP) is 3.85. The Balaban J connectivity index is 4.67. The summed E-state index contributed by atoms with van der Waals surface area (Å²) in [6.45, 7) is 15.9. The smallest absolute Gasteiger partial charge is 0.264 e. The highest BCUT2D eigenvalue weighted by Crippen LogP contribution is 2.19. The fraction of sp³-hybridized carbons (Fsp3) is 0.500. The number of hydrogen-bond acceptors (Lipinski definition) is 2. The van der Waals surface area contributed by atoms with Crippen LogP contribution in [-0.2, 0) is 9.16 Å². The number of allylic oxidation sites excluding steroid dienone is 3. The van der Waals surface area contributed by atoms with Crippen LogP contribution in [0.15, 0.2) is 36.3 Å². The third kappa shape index (κ3) is 6.17. The van der Waals surface area contributed by atoms with Gasteiger partial charge in [0.1, 0.15) is 0 Å². The summed E-state index contributed by atoms with van der Waals surface area (Å²) in [5, 5.41) is 0. The highest BCUT2D eigenvalue weighted by atomic mass is 28.4. The quantitative estimate of drug-likeness (QED) is 0.389. The maximum atomic E-state index is 5.82. The average Bonchev–Trinajstić information content (AvgIpc) is 2.12. The molecule has 0 heterocycles. The topological polar surface area (TPSA) is 18.5 Å². The molecule has 0 unspecified atom stereocenters. The fourth-order valence-electron chi connectivity index (χ4n) is 1.07. The highest BCUT2D eigenvalue weighted by Gasteiger charge is 2.19. The Kier molecular flexibility index (Phi) is 5.43. The molecule has 0 spiro atoms. The Bertz CT molecular complexity index is 272. The zero-order valence-corrected chi connectivity index (χ0v) is 11.5. The Morgan fingerprint density at radius 1 is 1.33 bits per heavy atom. The van der Waals surface area contributed by atoms with Crippen LogP contribution in [0, 0.1) is 0 Å². The van der Waals surface area contributed by atoms with Gasteiger partial charge in [0, 0.05) is 5.57 Å². The van der Waals surface area contributed by atoms with Gasteiger partial charge >= 0.3 is 0 Å². The molecule has 0 aliphatic rings. The van der Waals surface area contributed by atoms with Crippen LogP contribution in [0.5, 0.6) is 0 Å². The van der Waals surface area contributed by atoms with Gasteiger partial charge in [0.15, 0.2) is 0 Å². The molecule has 3 heteroatoms. The summed E-state index contributed by atoms with van der Waals surface area (Å²) in [6.07, 6.45) is 2.50. The van der Waals surface area contributed by atoms with Gasteiger partial charge in [0.25, 0.3) is 5.95 Å². The van der Waals surface area contributed by atoms with Crippen LogP contribution < -0.4 is 0 Å². The van der Waals surface area contributed by atoms with Crippen LogP contribution in [0.1, 0.15) is 13.3 Å². The molecule has 0 aromatic rings. The Hall–Kier alpha value is -0.963. The largest absolute Gasteiger partial charge is 0.520 e. The van der Waals surface area contributed by atoms with Gasteiger partial charge in [-0.1, -0.05) is 24.8 Å². The number of rotatable bonds is 6. The van der Waals surface area contributed by atoms with Crippen molar-refractivity contribution in [3.63, 3.8) is 0 Å². The van der Waals surface area contributed by atoms with Crippen molar-refractivity contribution >= 4 is 8.32 Å². The van der Waals surface area contributed by atoms with Crippen molar-refractivity contribution < 1.29 is 9.16 Å². The summed E-state index contributed by atoms with van der Waals surface area (Å²) in [5.74, 6) is 0.636. The second-order valence-corrected chi connectivity index (χ2v) is 8.95. The van der Waals surface area contributed by atoms with E-state index in [0.717, 1.165) is 17.6 Å². The maximum absolute atomic E-state index is 5.82. The van der Waals surface area contributed by atoms with Crippen molar-refractivity contribution in [1.82, 2.24) is 0 Å². The summed E-state index contributed by atoms with van der Waals surface area (Å²) in [6, 6.07) is 0. The Labute approximate surface area is 94.4 Å². The van der Waals surface area contributed by atoms with Gasteiger partial charge in [-0.25, -0.2) is 0 Å². The molecule has 0 bridgehead atoms. The summed E-state index contributed by atoms with van der Waals surface area (Å²) in [7, 11) is 0.0309. The first-order valence-corrected chi connectivity index (χ1v) is 8.44. The Morgan fingerprint density at radius 2 is 1.87 bits per heavy atom. The first kappa shape index (κ1) is 14.0. The molecule has 0 aromatic heterocycles. The minimum Gasteiger partial charge on any atom is -0.520 e. The molecular weight excluding hydrogens is 204 g/mol. The molecule has 0 radical (unpaired) electrons. The minimum absolute atomic E-state index is 0.636. The first-order valence-electron chi connectivity index (χ1n) is 5.03. The second-order valence-electron chi connectivity index (χ2n) is 4.53. The van der Waals surface area contributed by atoms with Crippen molar-refractivity contribution in [3.05, 3.63) is 36.3 Å². The van der Waals surface area contributed by atoms with E-state index in [0.29, 0.717) is 5.95 Å². The van der Waals surface area contributed by atoms with E-state index in [9.17, 15) is 0 Å². The molecule has 0 N–H and O–H groups in total. The third-order valence-electron chi connectivity index (χ3n) is 1.71. The predicted molar refractivity (Wildman–Crippen MR) is 68.1 cm³/mol. The van der Waals surface area contributed by atoms with Gasteiger partial charge in [-0.15, -0.1) is 0 Å². The lowest BCUT2D eigenvalue weighted by molar-refractivity contribution is 0.141. The lowest BCUT2D eigenvalue weighted by atomic mass is 10.1. The van der Waals surface area contributed by atoms with Gasteiger partial charge in [0.2, 0.25) is 8.32 Å². The van der Waals surface area contributed by atoms with Gasteiger partial charge in [0.05, 0.1) is 7.11 Å². The molecule has 0 fully saturated rings. The number of hydrogen-bond donors (Lipinski definition) is 0. The van der Waals surface area contributed by atoms with E-state index in [4.69, 9.17) is 9.16 Å². The number of ether oxygens (including phenoxy) is 1. The van der Waals surface area contributed by atoms with Crippen molar-refractivity contribution in [2.24, 2.45) is 0 Å². The van der Waals surface area contributed by atoms with Crippen LogP contribution in [-0.4, -0.2) is 15.4 Å². The number of methoxy groups -OCH3 is 1. The van der Waals surface area contributed by atoms with Gasteiger partial charge in [-0.05, 0) is 33.0 Å². The van der Waals surface area contributed by atoms with E-state index >= 15 is 0 Å². The molecule has 0 saturated heterocycles. The minimum atomic E-state index is -1.60. The maximum Gasteiger partial charge on any atom is 0.264 e. The SMILES string of the molecule is C=CC(=C)C/C(C)=C(\OC)O[Si](C)(C)C. The standard InChI is InChI=1S/C12H22O2Si/c1-8-10(2)9-11(3)12(13-4)14-15(5,6)7/h8H,1-2,9H2,3-7H3/b12-11+. The van der Waals surface area contributed by atoms with Gasteiger partial charge in [-0.2, -0.15) is 0 Å². The Morgan fingerprint density at radius 3 is 2.20 bits per heavy atom. The monoisotopic (exact) mass is 226 g/mol. The molecular formula is C12H22O2Si. The van der Waals surface area contributed by atoms with Crippen LogP contribution >= 0.6 is 0 Å². The molecule has 0 aromatic carbocycles. The van der Waals surface area contributed by atoms with E-state index in [1.54, 1.807) is 13.2 Å². The van der Waals surface area contributed by atoms with E-state index in [1.165, 1.54) is 0 Å². The van der Waals surface area contributed by atoms with E-state index in [2.05, 4.69) is 32.8 Å². The van der Waals surface area contributed by atoms with E-state index in [1.807, 2.05) is 6.92 Å². The zero-order chi connectivity index (χ0) is 12.1.